The van der Waals surface area contributed by atoms with Gasteiger partial charge in [0, 0.05) is 18.2 Å². The van der Waals surface area contributed by atoms with E-state index in [1.807, 2.05) is 32.2 Å². The highest BCUT2D eigenvalue weighted by molar-refractivity contribution is 5.32. The molecule has 1 aromatic carbocycles. The third kappa shape index (κ3) is 2.21. The first-order valence-corrected chi connectivity index (χ1v) is 4.83. The first kappa shape index (κ1) is 9.84. The molecule has 0 N–H and O–H groups in total. The number of pyridine rings is 1. The van der Waals surface area contributed by atoms with Gasteiger partial charge in [-0.05, 0) is 37.1 Å². The Morgan fingerprint density at radius 3 is 2.47 bits per heavy atom. The molecular weight excluding hydrogens is 189 g/mol. The van der Waals surface area contributed by atoms with Crippen molar-refractivity contribution in [2.75, 3.05) is 0 Å². The number of aryl methyl sites for hydroxylation is 2. The van der Waals surface area contributed by atoms with Crippen molar-refractivity contribution in [1.82, 2.24) is 0 Å². The molecule has 0 aliphatic rings. The molecule has 0 fully saturated rings. The van der Waals surface area contributed by atoms with Crippen molar-refractivity contribution < 1.29 is 8.96 Å². The molecule has 15 heavy (non-hydrogen) atoms. The van der Waals surface area contributed by atoms with Gasteiger partial charge in [-0.25, -0.2) is 4.39 Å². The molecule has 2 rings (SSSR count). The Kier molecular flexibility index (Phi) is 2.50. The summed E-state index contributed by atoms with van der Waals surface area (Å²) in [4.78, 5) is 0. The molecule has 1 nitrogen and oxygen atoms in total. The van der Waals surface area contributed by atoms with Crippen LogP contribution in [0.1, 0.15) is 11.1 Å². The Hall–Kier alpha value is -1.70. The number of hydrogen-bond acceptors (Lipinski definition) is 0. The van der Waals surface area contributed by atoms with Crippen LogP contribution in [0.15, 0.2) is 36.7 Å². The van der Waals surface area contributed by atoms with E-state index >= 15 is 0 Å². The quantitative estimate of drug-likeness (QED) is 0.624. The highest BCUT2D eigenvalue weighted by Crippen LogP contribution is 2.07. The minimum absolute atomic E-state index is 0.236. The van der Waals surface area contributed by atoms with Crippen molar-refractivity contribution in [3.05, 3.63) is 59.7 Å². The molecule has 0 unspecified atom stereocenters. The van der Waals surface area contributed by atoms with Crippen molar-refractivity contribution in [2.24, 2.45) is 0 Å². The van der Waals surface area contributed by atoms with E-state index in [0.717, 1.165) is 16.8 Å². The van der Waals surface area contributed by atoms with E-state index < -0.39 is 0 Å². The molecular formula is C13H12FN+. The zero-order chi connectivity index (χ0) is 10.8. The predicted octanol–water partition coefficient (Wildman–Crippen LogP) is 2.52. The van der Waals surface area contributed by atoms with Crippen LogP contribution >= 0.6 is 0 Å². The highest BCUT2D eigenvalue weighted by atomic mass is 19.1. The van der Waals surface area contributed by atoms with Crippen molar-refractivity contribution in [1.29, 1.82) is 0 Å². The Morgan fingerprint density at radius 1 is 1.20 bits per heavy atom. The molecule has 0 atom stereocenters. The SMILES string of the molecule is Cc1[c]c(C)cc(-[n+]2cccc(F)c2)c1. The van der Waals surface area contributed by atoms with Gasteiger partial charge < -0.3 is 0 Å². The number of aromatic nitrogens is 1. The van der Waals surface area contributed by atoms with Gasteiger partial charge >= 0.3 is 0 Å². The molecule has 0 amide bonds. The molecule has 2 aromatic rings. The first-order valence-electron chi connectivity index (χ1n) is 4.83. The number of benzene rings is 1. The maximum atomic E-state index is 13.0. The second kappa shape index (κ2) is 3.81. The zero-order valence-electron chi connectivity index (χ0n) is 8.79. The molecule has 0 saturated heterocycles. The van der Waals surface area contributed by atoms with Gasteiger partial charge in [0.2, 0.25) is 11.9 Å². The van der Waals surface area contributed by atoms with Crippen LogP contribution in [-0.4, -0.2) is 0 Å². The smallest absolute Gasteiger partial charge is 0.200 e. The number of hydrogen-bond donors (Lipinski definition) is 0. The normalized spacial score (nSPS) is 10.3. The summed E-state index contributed by atoms with van der Waals surface area (Å²) in [7, 11) is 0. The van der Waals surface area contributed by atoms with Gasteiger partial charge in [-0.15, -0.1) is 0 Å². The van der Waals surface area contributed by atoms with Crippen LogP contribution in [0.3, 0.4) is 0 Å². The molecule has 1 radical (unpaired) electrons. The largest absolute Gasteiger partial charge is 0.211 e. The van der Waals surface area contributed by atoms with Gasteiger partial charge in [0.05, 0.1) is 0 Å². The summed E-state index contributed by atoms with van der Waals surface area (Å²) in [6, 6.07) is 10.3. The lowest BCUT2D eigenvalue weighted by Crippen LogP contribution is -2.30. The predicted molar refractivity (Wildman–Crippen MR) is 56.2 cm³/mol. The van der Waals surface area contributed by atoms with Crippen LogP contribution in [0.25, 0.3) is 5.69 Å². The average Bonchev–Trinajstić information content (AvgIpc) is 2.16. The summed E-state index contributed by atoms with van der Waals surface area (Å²) < 4.78 is 14.8. The minimum atomic E-state index is -0.236. The number of halogens is 1. The van der Waals surface area contributed by atoms with Gasteiger partial charge in [-0.2, -0.15) is 4.57 Å². The lowest BCUT2D eigenvalue weighted by Gasteiger charge is -1.99. The molecule has 75 valence electrons. The second-order valence-corrected chi connectivity index (χ2v) is 3.63. The van der Waals surface area contributed by atoms with Crippen LogP contribution in [-0.2, 0) is 0 Å². The number of nitrogens with zero attached hydrogens (tertiary/aromatic N) is 1. The summed E-state index contributed by atoms with van der Waals surface area (Å²) in [6.45, 7) is 3.96. The standard InChI is InChI=1S/C13H12FN/c1-10-6-11(2)8-13(7-10)15-5-3-4-12(14)9-15/h3-5,7-9H,1-2H3/q+1. The van der Waals surface area contributed by atoms with Crippen LogP contribution in [0.4, 0.5) is 4.39 Å². The van der Waals surface area contributed by atoms with Gasteiger partial charge in [0.25, 0.3) is 0 Å². The van der Waals surface area contributed by atoms with Crippen LogP contribution < -0.4 is 4.57 Å². The molecule has 0 aliphatic heterocycles. The summed E-state index contributed by atoms with van der Waals surface area (Å²) in [5.41, 5.74) is 3.08. The second-order valence-electron chi connectivity index (χ2n) is 3.63. The fourth-order valence-corrected chi connectivity index (χ4v) is 1.62. The van der Waals surface area contributed by atoms with Crippen LogP contribution in [0, 0.1) is 25.7 Å². The number of rotatable bonds is 1. The van der Waals surface area contributed by atoms with Crippen molar-refractivity contribution in [3.8, 4) is 5.69 Å². The molecule has 2 heteroatoms. The van der Waals surface area contributed by atoms with Gasteiger partial charge in [-0.1, -0.05) is 0 Å². The Morgan fingerprint density at radius 2 is 1.87 bits per heavy atom. The van der Waals surface area contributed by atoms with E-state index in [9.17, 15) is 4.39 Å². The Balaban J connectivity index is 2.54. The fourth-order valence-electron chi connectivity index (χ4n) is 1.62. The molecule has 0 aliphatic carbocycles. The Labute approximate surface area is 88.8 Å². The van der Waals surface area contributed by atoms with Crippen LogP contribution in [0.2, 0.25) is 0 Å². The van der Waals surface area contributed by atoms with Gasteiger partial charge in [0.1, 0.15) is 0 Å². The lowest BCUT2D eigenvalue weighted by molar-refractivity contribution is -0.597. The first-order chi connectivity index (χ1) is 7.15. The maximum Gasteiger partial charge on any atom is 0.211 e. The monoisotopic (exact) mass is 201 g/mol. The van der Waals surface area contributed by atoms with E-state index in [1.54, 1.807) is 10.6 Å². The summed E-state index contributed by atoms with van der Waals surface area (Å²) in [6.07, 6.45) is 3.30. The van der Waals surface area contributed by atoms with E-state index in [0.29, 0.717) is 0 Å². The van der Waals surface area contributed by atoms with E-state index in [4.69, 9.17) is 0 Å². The Bertz CT molecular complexity index is 471. The fraction of sp³-hybridized carbons (Fsp3) is 0.154. The topological polar surface area (TPSA) is 3.88 Å². The maximum absolute atomic E-state index is 13.0. The molecule has 0 spiro atoms. The summed E-state index contributed by atoms with van der Waals surface area (Å²) >= 11 is 0. The minimum Gasteiger partial charge on any atom is -0.200 e. The third-order valence-electron chi connectivity index (χ3n) is 2.19. The van der Waals surface area contributed by atoms with Crippen molar-refractivity contribution in [2.45, 2.75) is 13.8 Å². The van der Waals surface area contributed by atoms with Gasteiger partial charge in [-0.3, -0.25) is 0 Å². The lowest BCUT2D eigenvalue weighted by atomic mass is 10.1. The van der Waals surface area contributed by atoms with E-state index in [-0.39, 0.29) is 5.82 Å². The summed E-state index contributed by atoms with van der Waals surface area (Å²) in [5.74, 6) is -0.236. The molecule has 0 saturated carbocycles. The third-order valence-corrected chi connectivity index (χ3v) is 2.19. The zero-order valence-corrected chi connectivity index (χ0v) is 8.79. The van der Waals surface area contributed by atoms with Gasteiger partial charge in [0.15, 0.2) is 12.0 Å². The van der Waals surface area contributed by atoms with E-state index in [2.05, 4.69) is 6.07 Å². The summed E-state index contributed by atoms with van der Waals surface area (Å²) in [5, 5.41) is 0. The van der Waals surface area contributed by atoms with Crippen LogP contribution in [0.5, 0.6) is 0 Å². The van der Waals surface area contributed by atoms with E-state index in [1.165, 1.54) is 12.3 Å². The average molecular weight is 201 g/mol. The van der Waals surface area contributed by atoms with Crippen molar-refractivity contribution >= 4 is 0 Å². The molecule has 0 bridgehead atoms. The highest BCUT2D eigenvalue weighted by Gasteiger charge is 2.07. The van der Waals surface area contributed by atoms with Crippen molar-refractivity contribution in [3.63, 3.8) is 0 Å². The molecule has 1 heterocycles. The molecule has 1 aromatic heterocycles.